The van der Waals surface area contributed by atoms with Crippen LogP contribution in [0.5, 0.6) is 11.5 Å². The Morgan fingerprint density at radius 2 is 1.38 bits per heavy atom. The molecule has 2 aliphatic carbocycles. The Kier molecular flexibility index (Phi) is 8.49. The summed E-state index contributed by atoms with van der Waals surface area (Å²) in [5.41, 5.74) is 13.6. The van der Waals surface area contributed by atoms with Gasteiger partial charge in [-0.15, -0.1) is 0 Å². The zero-order valence-electron chi connectivity index (χ0n) is 30.9. The summed E-state index contributed by atoms with van der Waals surface area (Å²) in [5, 5.41) is 2.36. The number of aryl methyl sites for hydroxylation is 4. The molecule has 0 spiro atoms. The van der Waals surface area contributed by atoms with E-state index in [1.807, 2.05) is 12.3 Å². The van der Waals surface area contributed by atoms with E-state index in [9.17, 15) is 0 Å². The number of pyridine rings is 2. The Hall–Kier alpha value is -5.77. The number of hydrogen-bond donors (Lipinski definition) is 0. The second kappa shape index (κ2) is 13.8. The summed E-state index contributed by atoms with van der Waals surface area (Å²) < 4.78 is 14.9. The van der Waals surface area contributed by atoms with Crippen LogP contribution in [0.4, 0.5) is 0 Å². The molecule has 9 aromatic rings. The first-order chi connectivity index (χ1) is 27.0. The Labute approximate surface area is 331 Å². The van der Waals surface area contributed by atoms with Crippen molar-refractivity contribution in [1.29, 1.82) is 0 Å². The number of fused-ring (bicyclic) bond motifs is 3. The number of hydrogen-bond acceptors (Lipinski definition) is 2. The molecule has 0 fully saturated rings. The molecule has 55 heavy (non-hydrogen) atoms. The van der Waals surface area contributed by atoms with Gasteiger partial charge in [0.05, 0.1) is 0 Å². The number of benzene rings is 5. The molecule has 5 aromatic carbocycles. The van der Waals surface area contributed by atoms with Crippen LogP contribution < -0.4 is 4.74 Å². The van der Waals surface area contributed by atoms with Crippen molar-refractivity contribution in [2.24, 2.45) is 0 Å². The third kappa shape index (κ3) is 6.08. The molecule has 4 bridgehead atoms. The molecule has 6 heterocycles. The van der Waals surface area contributed by atoms with Crippen LogP contribution in [0.15, 0.2) is 152 Å². The summed E-state index contributed by atoms with van der Waals surface area (Å²) in [5.74, 6) is 2.80. The minimum Gasteiger partial charge on any atom is -0.0622 e. The number of nitrogens with zero attached hydrogens (tertiary/aromatic N) is 4. The maximum absolute atomic E-state index is 6.70. The van der Waals surface area contributed by atoms with Gasteiger partial charge in [-0.2, -0.15) is 0 Å². The number of ether oxygens (including phenoxy) is 1. The van der Waals surface area contributed by atoms with Crippen molar-refractivity contribution >= 4 is 27.3 Å². The van der Waals surface area contributed by atoms with Gasteiger partial charge in [0.15, 0.2) is 0 Å². The van der Waals surface area contributed by atoms with Crippen LogP contribution in [0, 0.1) is 3.80 Å². The first kappa shape index (κ1) is 33.8. The van der Waals surface area contributed by atoms with Gasteiger partial charge in [0.25, 0.3) is 0 Å². The van der Waals surface area contributed by atoms with E-state index >= 15 is 0 Å². The predicted molar refractivity (Wildman–Crippen MR) is 219 cm³/mol. The number of imidazole rings is 1. The topological polar surface area (TPSA) is 36.4 Å². The third-order valence-electron chi connectivity index (χ3n) is 11.1. The zero-order chi connectivity index (χ0) is 37.0. The van der Waals surface area contributed by atoms with Gasteiger partial charge in [0.2, 0.25) is 0 Å². The molecule has 0 amide bonds. The van der Waals surface area contributed by atoms with Crippen LogP contribution in [0.25, 0.3) is 50.0 Å². The first-order valence-corrected chi connectivity index (χ1v) is 20.3. The van der Waals surface area contributed by atoms with Gasteiger partial charge in [-0.25, -0.2) is 0 Å². The van der Waals surface area contributed by atoms with Crippen LogP contribution in [0.2, 0.25) is 0 Å². The van der Waals surface area contributed by atoms with Gasteiger partial charge in [-0.1, -0.05) is 56.3 Å². The standard InChI is InChI=1S/C49H40N4O.Pt/c1-33(2)44-29-49(50-30-45(44)36-9-4-3-5-10-36)53-46-14-7-6-13-42(46)43-26-25-41(28-47(43)53)54-40-12-8-11-39(27-40)51-31-48-37-21-19-34-15-17-35(18-16-34)20-23-38(24-22-37)52(48)32-51;/h3-18,22,24-31,33H,19-21,23H2,1-2H3;. The van der Waals surface area contributed by atoms with Crippen molar-refractivity contribution in [2.45, 2.75) is 45.4 Å². The van der Waals surface area contributed by atoms with Gasteiger partial charge < -0.3 is 0 Å². The van der Waals surface area contributed by atoms with Crippen molar-refractivity contribution in [3.63, 3.8) is 0 Å². The van der Waals surface area contributed by atoms with Gasteiger partial charge in [0.1, 0.15) is 0 Å². The van der Waals surface area contributed by atoms with E-state index in [0.717, 1.165) is 63.5 Å². The summed E-state index contributed by atoms with van der Waals surface area (Å²) >= 11 is 2.49. The van der Waals surface area contributed by atoms with Crippen molar-refractivity contribution in [1.82, 2.24) is 18.5 Å². The molecule has 4 aliphatic rings. The fraction of sp³-hybridized carbons (Fsp3) is 0.143. The molecule has 0 unspecified atom stereocenters. The number of aromatic nitrogens is 4. The zero-order valence-corrected chi connectivity index (χ0v) is 33.1. The molecular weight excluding hydrogens is 856 g/mol. The second-order valence-electron chi connectivity index (χ2n) is 14.9. The van der Waals surface area contributed by atoms with Crippen LogP contribution >= 0.6 is 0 Å². The molecule has 0 saturated heterocycles. The summed E-state index contributed by atoms with van der Waals surface area (Å²) in [6.45, 7) is 4.51. The average Bonchev–Trinajstić information content (AvgIpc) is 3.74. The molecule has 13 rings (SSSR count). The Bertz CT molecular complexity index is 2950. The molecule has 2 aliphatic heterocycles. The number of rotatable bonds is 6. The van der Waals surface area contributed by atoms with Crippen molar-refractivity contribution in [2.75, 3.05) is 0 Å². The molecule has 272 valence electrons. The third-order valence-corrected chi connectivity index (χ3v) is 12.2. The number of para-hydroxylation sites is 1. The van der Waals surface area contributed by atoms with E-state index in [1.165, 1.54) is 55.4 Å². The summed E-state index contributed by atoms with van der Waals surface area (Å²) in [7, 11) is 0. The quantitative estimate of drug-likeness (QED) is 0.167. The van der Waals surface area contributed by atoms with Crippen LogP contribution in [-0.4, -0.2) is 18.5 Å². The minimum atomic E-state index is 0.326. The molecular formula is C49H40N4OPt. The fourth-order valence-electron chi connectivity index (χ4n) is 8.29. The molecule has 6 heteroatoms. The predicted octanol–water partition coefficient (Wildman–Crippen LogP) is 11.8. The van der Waals surface area contributed by atoms with Crippen LogP contribution in [0.3, 0.4) is 0 Å². The Balaban J connectivity index is 1.03. The SMILES string of the molecule is CC(C)c1cc(-n2c3ccccc3c3ccc(Oc4cccc(-n5cc6c7ccc(n6[c]5=[Pt])CCc5ccc(cc5)CC7)c4)cc32)ncc1-c1ccccc1. The van der Waals surface area contributed by atoms with E-state index in [1.54, 1.807) is 0 Å². The average molecular weight is 896 g/mol. The van der Waals surface area contributed by atoms with Gasteiger partial charge in [-0.3, -0.25) is 0 Å². The fourth-order valence-corrected chi connectivity index (χ4v) is 9.33. The molecule has 4 aromatic heterocycles. The van der Waals surface area contributed by atoms with Crippen molar-refractivity contribution in [3.05, 3.63) is 184 Å². The van der Waals surface area contributed by atoms with E-state index in [0.29, 0.717) is 5.92 Å². The molecule has 0 atom stereocenters. The second-order valence-corrected chi connectivity index (χ2v) is 15.9. The molecule has 0 N–H and O–H groups in total. The van der Waals surface area contributed by atoms with E-state index in [-0.39, 0.29) is 0 Å². The summed E-state index contributed by atoms with van der Waals surface area (Å²) in [4.78, 5) is 5.09. The normalized spacial score (nSPS) is 12.9. The van der Waals surface area contributed by atoms with E-state index in [2.05, 4.69) is 186 Å². The van der Waals surface area contributed by atoms with E-state index in [4.69, 9.17) is 9.72 Å². The molecule has 0 radical (unpaired) electrons. The molecule has 0 saturated carbocycles. The summed E-state index contributed by atoms with van der Waals surface area (Å²) in [6.07, 6.45) is 8.36. The maximum atomic E-state index is 6.70. The van der Waals surface area contributed by atoms with Gasteiger partial charge in [-0.05, 0) is 17.0 Å². The smallest absolute Gasteiger partial charge is 0.0622 e. The van der Waals surface area contributed by atoms with Crippen LogP contribution in [-0.2, 0) is 45.0 Å². The monoisotopic (exact) mass is 895 g/mol. The Morgan fingerprint density at radius 1 is 0.636 bits per heavy atom. The molecule has 5 nitrogen and oxygen atoms in total. The Morgan fingerprint density at radius 3 is 2.20 bits per heavy atom. The van der Waals surface area contributed by atoms with E-state index < -0.39 is 0 Å². The minimum absolute atomic E-state index is 0.326. The van der Waals surface area contributed by atoms with Gasteiger partial charge >= 0.3 is 248 Å². The van der Waals surface area contributed by atoms with Gasteiger partial charge in [0, 0.05) is 11.8 Å². The van der Waals surface area contributed by atoms with Crippen molar-refractivity contribution < 1.29 is 24.1 Å². The van der Waals surface area contributed by atoms with Crippen molar-refractivity contribution in [3.8, 4) is 34.1 Å². The first-order valence-electron chi connectivity index (χ1n) is 19.1. The summed E-state index contributed by atoms with van der Waals surface area (Å²) in [6, 6.07) is 50.1. The van der Waals surface area contributed by atoms with Crippen LogP contribution in [0.1, 0.15) is 47.7 Å².